The summed E-state index contributed by atoms with van der Waals surface area (Å²) in [6, 6.07) is 6.52. The maximum atomic E-state index is 13.6. The van der Waals surface area contributed by atoms with E-state index in [0.717, 1.165) is 50.6 Å². The number of ether oxygens (including phenoxy) is 1. The van der Waals surface area contributed by atoms with Gasteiger partial charge in [-0.3, -0.25) is 0 Å². The molecule has 222 valence electrons. The molecule has 1 unspecified atom stereocenters. The largest absolute Gasteiger partial charge is 0.450 e. The number of rotatable bonds is 14. The lowest BCUT2D eigenvalue weighted by Gasteiger charge is -2.28. The summed E-state index contributed by atoms with van der Waals surface area (Å²) in [6.45, 7) is 12.4. The number of amides is 1. The third kappa shape index (κ3) is 9.53. The molecule has 1 aliphatic rings. The van der Waals surface area contributed by atoms with Crippen molar-refractivity contribution in [3.63, 3.8) is 0 Å². The van der Waals surface area contributed by atoms with E-state index in [1.165, 1.54) is 5.01 Å². The van der Waals surface area contributed by atoms with Gasteiger partial charge in [-0.15, -0.1) is 0 Å². The number of carbonyl (C=O) groups excluding carboxylic acids is 2. The Morgan fingerprint density at radius 3 is 2.21 bits per heavy atom. The lowest BCUT2D eigenvalue weighted by molar-refractivity contribution is -0.116. The molecular weight excluding hydrogens is 516 g/mol. The Morgan fingerprint density at radius 1 is 1.13 bits per heavy atom. The van der Waals surface area contributed by atoms with Crippen LogP contribution >= 0.6 is 0 Å². The van der Waals surface area contributed by atoms with Gasteiger partial charge in [0.1, 0.15) is 6.29 Å². The molecule has 1 aliphatic carbocycles. The van der Waals surface area contributed by atoms with Crippen LogP contribution < -0.4 is 16.1 Å². The van der Waals surface area contributed by atoms with Crippen molar-refractivity contribution in [1.82, 2.24) is 10.3 Å². The van der Waals surface area contributed by atoms with Crippen LogP contribution in [0.2, 0.25) is 0 Å². The van der Waals surface area contributed by atoms with Gasteiger partial charge in [0.2, 0.25) is 9.84 Å². The van der Waals surface area contributed by atoms with Gasteiger partial charge in [-0.2, -0.15) is 0 Å². The van der Waals surface area contributed by atoms with Gasteiger partial charge in [-0.1, -0.05) is 40.5 Å². The molecule has 1 amide bonds. The summed E-state index contributed by atoms with van der Waals surface area (Å²) in [7, 11) is -1.82. The molecule has 0 saturated heterocycles. The zero-order chi connectivity index (χ0) is 29.6. The summed E-state index contributed by atoms with van der Waals surface area (Å²) in [5.41, 5.74) is 1.19. The topological polar surface area (TPSA) is 122 Å². The van der Waals surface area contributed by atoms with Crippen LogP contribution in [0.4, 0.5) is 10.5 Å². The monoisotopic (exact) mass is 566 g/mol. The number of carbonyl (C=O) groups is 2. The zero-order valence-corrected chi connectivity index (χ0v) is 25.8. The average molecular weight is 567 g/mol. The van der Waals surface area contributed by atoms with E-state index >= 15 is 0 Å². The first-order valence-electron chi connectivity index (χ1n) is 14.2. The third-order valence-corrected chi connectivity index (χ3v) is 9.21. The Labute approximate surface area is 236 Å². The van der Waals surface area contributed by atoms with Crippen molar-refractivity contribution in [3.05, 3.63) is 34.9 Å². The van der Waals surface area contributed by atoms with Crippen LogP contribution in [0.3, 0.4) is 0 Å². The molecule has 2 rings (SSSR count). The van der Waals surface area contributed by atoms with Crippen LogP contribution in [-0.4, -0.2) is 58.6 Å². The number of benzene rings is 1. The normalized spacial score (nSPS) is 15.8. The Bertz CT molecular complexity index is 1030. The van der Waals surface area contributed by atoms with E-state index in [0.29, 0.717) is 12.1 Å². The van der Waals surface area contributed by atoms with E-state index in [2.05, 4.69) is 10.2 Å². The standard InChI is InChI=1S/C27H44N4O5S.C2H6/c1-6-24(31(28)19-21(4)29-26(33)36-8-3)25(7-2)37(34,35)23-13-11-22(12-14-23)30(5)18-17-27(20-32)15-9-10-16-27;1-2/h11-14,20-21H,6-10,15-19,28H2,1-5H3,(H,29,33);1-2H3/b25-24+;. The number of sulfone groups is 1. The van der Waals surface area contributed by atoms with Crippen molar-refractivity contribution in [2.24, 2.45) is 11.3 Å². The Hall–Kier alpha value is -2.59. The summed E-state index contributed by atoms with van der Waals surface area (Å²) in [6.07, 6.45) is 6.19. The van der Waals surface area contributed by atoms with Crippen molar-refractivity contribution >= 4 is 27.9 Å². The van der Waals surface area contributed by atoms with Gasteiger partial charge in [0.25, 0.3) is 0 Å². The number of nitrogens with one attached hydrogen (secondary N) is 1. The third-order valence-electron chi connectivity index (χ3n) is 7.14. The summed E-state index contributed by atoms with van der Waals surface area (Å²) in [5, 5.41) is 4.09. The van der Waals surface area contributed by atoms with Crippen LogP contribution in [0.25, 0.3) is 0 Å². The number of nitrogens with two attached hydrogens (primary N) is 1. The maximum absolute atomic E-state index is 13.6. The highest BCUT2D eigenvalue weighted by Crippen LogP contribution is 2.39. The molecule has 10 heteroatoms. The molecule has 0 bridgehead atoms. The number of nitrogens with zero attached hydrogens (tertiary/aromatic N) is 2. The fourth-order valence-electron chi connectivity index (χ4n) is 4.98. The molecule has 0 spiro atoms. The number of allylic oxidation sites excluding steroid dienone is 2. The first kappa shape index (κ1) is 34.4. The Kier molecular flexibility index (Phi) is 14.6. The second kappa shape index (κ2) is 16.5. The lowest BCUT2D eigenvalue weighted by atomic mass is 9.84. The van der Waals surface area contributed by atoms with Crippen LogP contribution in [-0.2, 0) is 19.4 Å². The molecule has 1 aromatic carbocycles. The molecule has 1 saturated carbocycles. The van der Waals surface area contributed by atoms with E-state index in [-0.39, 0.29) is 40.8 Å². The molecule has 0 radical (unpaired) electrons. The minimum atomic E-state index is -3.78. The van der Waals surface area contributed by atoms with E-state index in [9.17, 15) is 18.0 Å². The summed E-state index contributed by atoms with van der Waals surface area (Å²) in [5.74, 6) is 6.29. The van der Waals surface area contributed by atoms with E-state index in [1.54, 1.807) is 45.0 Å². The Morgan fingerprint density at radius 2 is 1.72 bits per heavy atom. The molecule has 9 nitrogen and oxygen atoms in total. The van der Waals surface area contributed by atoms with E-state index in [1.807, 2.05) is 27.8 Å². The number of hydrogen-bond acceptors (Lipinski definition) is 8. The van der Waals surface area contributed by atoms with Gasteiger partial charge in [0, 0.05) is 36.4 Å². The minimum Gasteiger partial charge on any atom is -0.450 e. The molecule has 0 aliphatic heterocycles. The number of hydrazine groups is 1. The number of aldehydes is 1. The first-order valence-corrected chi connectivity index (χ1v) is 15.7. The fourth-order valence-corrected chi connectivity index (χ4v) is 6.71. The number of hydrogen-bond donors (Lipinski definition) is 2. The number of anilines is 1. The number of alkyl carbamates (subject to hydrolysis) is 1. The molecule has 1 aromatic rings. The maximum Gasteiger partial charge on any atom is 0.407 e. The van der Waals surface area contributed by atoms with Gasteiger partial charge in [-0.25, -0.2) is 19.1 Å². The molecule has 39 heavy (non-hydrogen) atoms. The first-order chi connectivity index (χ1) is 18.5. The lowest BCUT2D eigenvalue weighted by Crippen LogP contribution is -2.45. The van der Waals surface area contributed by atoms with Crippen molar-refractivity contribution in [2.75, 3.05) is 31.6 Å². The fraction of sp³-hybridized carbons (Fsp3) is 0.655. The minimum absolute atomic E-state index is 0.207. The van der Waals surface area contributed by atoms with Gasteiger partial charge in [0.15, 0.2) is 0 Å². The predicted octanol–water partition coefficient (Wildman–Crippen LogP) is 5.41. The van der Waals surface area contributed by atoms with Gasteiger partial charge < -0.3 is 24.8 Å². The molecule has 1 fully saturated rings. The molecular formula is C29H50N4O5S. The second-order valence-corrected chi connectivity index (χ2v) is 11.8. The molecule has 0 aromatic heterocycles. The van der Waals surface area contributed by atoms with Crippen molar-refractivity contribution in [2.45, 2.75) is 97.4 Å². The quantitative estimate of drug-likeness (QED) is 0.174. The Balaban J connectivity index is 0.00000371. The van der Waals surface area contributed by atoms with Gasteiger partial charge in [-0.05, 0) is 70.2 Å². The molecule has 1 atom stereocenters. The van der Waals surface area contributed by atoms with Crippen molar-refractivity contribution < 1.29 is 22.7 Å². The van der Waals surface area contributed by atoms with Gasteiger partial charge >= 0.3 is 6.09 Å². The van der Waals surface area contributed by atoms with Gasteiger partial charge in [0.05, 0.1) is 23.0 Å². The van der Waals surface area contributed by atoms with Crippen LogP contribution in [0.1, 0.15) is 86.5 Å². The SMILES string of the molecule is CC.CCOC(=O)NC(C)CN(N)/C(CC)=C(\CC)S(=O)(=O)c1ccc(N(C)CCC2(C=O)CCCC2)cc1. The van der Waals surface area contributed by atoms with Crippen LogP contribution in [0.15, 0.2) is 39.8 Å². The second-order valence-electron chi connectivity index (χ2n) is 9.85. The van der Waals surface area contributed by atoms with E-state index < -0.39 is 15.9 Å². The van der Waals surface area contributed by atoms with Crippen molar-refractivity contribution in [3.8, 4) is 0 Å². The average Bonchev–Trinajstić information content (AvgIpc) is 3.40. The molecule has 0 heterocycles. The summed E-state index contributed by atoms with van der Waals surface area (Å²) in [4.78, 5) is 25.9. The van der Waals surface area contributed by atoms with Crippen LogP contribution in [0, 0.1) is 5.41 Å². The highest BCUT2D eigenvalue weighted by atomic mass is 32.2. The zero-order valence-electron chi connectivity index (χ0n) is 25.0. The predicted molar refractivity (Wildman–Crippen MR) is 158 cm³/mol. The summed E-state index contributed by atoms with van der Waals surface area (Å²) >= 11 is 0. The summed E-state index contributed by atoms with van der Waals surface area (Å²) < 4.78 is 32.1. The van der Waals surface area contributed by atoms with E-state index in [4.69, 9.17) is 10.6 Å². The molecule has 3 N–H and O–H groups in total. The van der Waals surface area contributed by atoms with Crippen molar-refractivity contribution in [1.29, 1.82) is 0 Å². The highest BCUT2D eigenvalue weighted by molar-refractivity contribution is 7.95. The van der Waals surface area contributed by atoms with Crippen LogP contribution in [0.5, 0.6) is 0 Å². The smallest absolute Gasteiger partial charge is 0.407 e. The highest BCUT2D eigenvalue weighted by Gasteiger charge is 2.33.